The van der Waals surface area contributed by atoms with Crippen LogP contribution >= 0.6 is 0 Å². The van der Waals surface area contributed by atoms with Crippen LogP contribution in [0, 0.1) is 17.3 Å². The number of amides is 1. The number of carboxylic acid groups (broad SMARTS) is 1. The highest BCUT2D eigenvalue weighted by Gasteiger charge is 2.65. The van der Waals surface area contributed by atoms with Gasteiger partial charge in [0.25, 0.3) is 0 Å². The van der Waals surface area contributed by atoms with Crippen LogP contribution in [0.4, 0.5) is 0 Å². The van der Waals surface area contributed by atoms with Gasteiger partial charge in [-0.1, -0.05) is 13.8 Å². The van der Waals surface area contributed by atoms with Crippen molar-refractivity contribution in [1.29, 1.82) is 0 Å². The molecule has 1 aliphatic carbocycles. The molecule has 1 amide bonds. The van der Waals surface area contributed by atoms with Gasteiger partial charge in [0.1, 0.15) is 0 Å². The Labute approximate surface area is 88.5 Å². The number of carbonyl (C=O) groups is 2. The molecule has 3 atom stereocenters. The van der Waals surface area contributed by atoms with Gasteiger partial charge in [-0.25, -0.2) is 0 Å². The fourth-order valence-electron chi connectivity index (χ4n) is 1.97. The second-order valence-corrected chi connectivity index (χ2v) is 4.71. The van der Waals surface area contributed by atoms with Crippen LogP contribution < -0.4 is 5.32 Å². The Morgan fingerprint density at radius 3 is 2.27 bits per heavy atom. The van der Waals surface area contributed by atoms with Gasteiger partial charge in [-0.3, -0.25) is 9.59 Å². The first-order chi connectivity index (χ1) is 6.82. The third kappa shape index (κ3) is 2.12. The van der Waals surface area contributed by atoms with Crippen LogP contribution in [0.15, 0.2) is 0 Å². The molecule has 0 heterocycles. The molecule has 0 aromatic heterocycles. The molecule has 1 aliphatic rings. The third-order valence-corrected chi connectivity index (χ3v) is 3.04. The summed E-state index contributed by atoms with van der Waals surface area (Å²) in [5, 5.41) is 20.2. The molecule has 5 nitrogen and oxygen atoms in total. The zero-order valence-corrected chi connectivity index (χ0v) is 9.15. The largest absolute Gasteiger partial charge is 0.481 e. The summed E-state index contributed by atoms with van der Waals surface area (Å²) in [6.07, 6.45) is 0. The van der Waals surface area contributed by atoms with Crippen LogP contribution in [-0.2, 0) is 9.59 Å². The van der Waals surface area contributed by atoms with Gasteiger partial charge in [0.05, 0.1) is 18.4 Å². The van der Waals surface area contributed by atoms with Crippen LogP contribution in [0.5, 0.6) is 0 Å². The number of carboxylic acids is 1. The molecule has 2 unspecified atom stereocenters. The molecule has 0 bridgehead atoms. The number of rotatable bonds is 4. The molecule has 0 aromatic rings. The number of hydrogen-bond donors (Lipinski definition) is 3. The van der Waals surface area contributed by atoms with E-state index in [0.717, 1.165) is 0 Å². The van der Waals surface area contributed by atoms with Crippen molar-refractivity contribution in [3.63, 3.8) is 0 Å². The smallest absolute Gasteiger partial charge is 0.307 e. The molecule has 86 valence electrons. The first kappa shape index (κ1) is 12.0. The van der Waals surface area contributed by atoms with Gasteiger partial charge in [0.2, 0.25) is 5.91 Å². The average Bonchev–Trinajstić information content (AvgIpc) is 2.68. The first-order valence-electron chi connectivity index (χ1n) is 4.96. The highest BCUT2D eigenvalue weighted by atomic mass is 16.4. The second-order valence-electron chi connectivity index (χ2n) is 4.71. The number of aliphatic carboxylic acids is 1. The maximum atomic E-state index is 11.6. The van der Waals surface area contributed by atoms with Gasteiger partial charge in [0, 0.05) is 6.04 Å². The zero-order chi connectivity index (χ0) is 11.8. The van der Waals surface area contributed by atoms with Crippen molar-refractivity contribution in [3.8, 4) is 0 Å². The molecule has 1 rings (SSSR count). The fraction of sp³-hybridized carbons (Fsp3) is 0.800. The van der Waals surface area contributed by atoms with Crippen LogP contribution in [0.1, 0.15) is 20.8 Å². The Hall–Kier alpha value is -1.10. The SMILES string of the molecule is C[C@@H](CO)NC(=O)C1C(C(=O)O)C1(C)C. The summed E-state index contributed by atoms with van der Waals surface area (Å²) in [7, 11) is 0. The fourth-order valence-corrected chi connectivity index (χ4v) is 1.97. The quantitative estimate of drug-likeness (QED) is 0.608. The molecule has 0 aromatic carbocycles. The molecule has 3 N–H and O–H groups in total. The maximum absolute atomic E-state index is 11.6. The van der Waals surface area contributed by atoms with Crippen molar-refractivity contribution < 1.29 is 19.8 Å². The number of aliphatic hydroxyl groups is 1. The van der Waals surface area contributed by atoms with Crippen LogP contribution in [-0.4, -0.2) is 34.7 Å². The molecule has 5 heteroatoms. The van der Waals surface area contributed by atoms with Crippen LogP contribution in [0.2, 0.25) is 0 Å². The van der Waals surface area contributed by atoms with E-state index in [0.29, 0.717) is 0 Å². The summed E-state index contributed by atoms with van der Waals surface area (Å²) in [5.41, 5.74) is -0.481. The van der Waals surface area contributed by atoms with Crippen LogP contribution in [0.25, 0.3) is 0 Å². The molecule has 1 saturated carbocycles. The van der Waals surface area contributed by atoms with Gasteiger partial charge in [-0.15, -0.1) is 0 Å². The average molecular weight is 215 g/mol. The number of hydrogen-bond acceptors (Lipinski definition) is 3. The number of carbonyl (C=O) groups excluding carboxylic acids is 1. The molecule has 0 saturated heterocycles. The van der Waals surface area contributed by atoms with Crippen molar-refractivity contribution in [2.24, 2.45) is 17.3 Å². The summed E-state index contributed by atoms with van der Waals surface area (Å²) >= 11 is 0. The predicted octanol–water partition coefficient (Wildman–Crippen LogP) is -0.160. The lowest BCUT2D eigenvalue weighted by Gasteiger charge is -2.11. The van der Waals surface area contributed by atoms with E-state index in [1.54, 1.807) is 20.8 Å². The lowest BCUT2D eigenvalue weighted by atomic mass is 10.1. The summed E-state index contributed by atoms with van der Waals surface area (Å²) in [6, 6.07) is -0.330. The Balaban J connectivity index is 2.60. The second kappa shape index (κ2) is 3.81. The lowest BCUT2D eigenvalue weighted by Crippen LogP contribution is -2.37. The predicted molar refractivity (Wildman–Crippen MR) is 53.1 cm³/mol. The van der Waals surface area contributed by atoms with Crippen molar-refractivity contribution >= 4 is 11.9 Å². The van der Waals surface area contributed by atoms with E-state index in [-0.39, 0.29) is 18.6 Å². The topological polar surface area (TPSA) is 86.6 Å². The Kier molecular flexibility index (Phi) is 3.04. The Bertz CT molecular complexity index is 287. The Morgan fingerprint density at radius 2 is 1.93 bits per heavy atom. The summed E-state index contributed by atoms with van der Waals surface area (Å²) in [5.74, 6) is -2.31. The van der Waals surface area contributed by atoms with E-state index in [2.05, 4.69) is 5.32 Å². The molecule has 0 radical (unpaired) electrons. The monoisotopic (exact) mass is 215 g/mol. The molecule has 15 heavy (non-hydrogen) atoms. The minimum atomic E-state index is -0.934. The van der Waals surface area contributed by atoms with Crippen molar-refractivity contribution in [3.05, 3.63) is 0 Å². The van der Waals surface area contributed by atoms with E-state index in [1.165, 1.54) is 0 Å². The molecule has 0 aliphatic heterocycles. The molecular formula is C10H17NO4. The molecule has 1 fully saturated rings. The van der Waals surface area contributed by atoms with Gasteiger partial charge < -0.3 is 15.5 Å². The third-order valence-electron chi connectivity index (χ3n) is 3.04. The zero-order valence-electron chi connectivity index (χ0n) is 9.15. The highest BCUT2D eigenvalue weighted by molar-refractivity contribution is 5.91. The van der Waals surface area contributed by atoms with Gasteiger partial charge >= 0.3 is 5.97 Å². The van der Waals surface area contributed by atoms with Crippen LogP contribution in [0.3, 0.4) is 0 Å². The summed E-state index contributed by atoms with van der Waals surface area (Å²) in [4.78, 5) is 22.4. The minimum Gasteiger partial charge on any atom is -0.481 e. The van der Waals surface area contributed by atoms with E-state index >= 15 is 0 Å². The highest BCUT2D eigenvalue weighted by Crippen LogP contribution is 2.58. The Morgan fingerprint density at radius 1 is 1.40 bits per heavy atom. The standard InChI is InChI=1S/C10H17NO4/c1-5(4-12)11-8(13)6-7(9(14)15)10(6,2)3/h5-7,12H,4H2,1-3H3,(H,11,13)(H,14,15)/t5-,6?,7?/m0/s1. The van der Waals surface area contributed by atoms with Crippen molar-refractivity contribution in [1.82, 2.24) is 5.32 Å². The minimum absolute atomic E-state index is 0.142. The first-order valence-corrected chi connectivity index (χ1v) is 4.96. The van der Waals surface area contributed by atoms with E-state index < -0.39 is 23.2 Å². The van der Waals surface area contributed by atoms with Crippen molar-refractivity contribution in [2.75, 3.05) is 6.61 Å². The molecular weight excluding hydrogens is 198 g/mol. The number of aliphatic hydroxyl groups excluding tert-OH is 1. The summed E-state index contributed by atoms with van der Waals surface area (Å²) < 4.78 is 0. The van der Waals surface area contributed by atoms with Gasteiger partial charge in [-0.2, -0.15) is 0 Å². The van der Waals surface area contributed by atoms with Crippen molar-refractivity contribution in [2.45, 2.75) is 26.8 Å². The van der Waals surface area contributed by atoms with E-state index in [4.69, 9.17) is 10.2 Å². The lowest BCUT2D eigenvalue weighted by molar-refractivity contribution is -0.140. The summed E-state index contributed by atoms with van der Waals surface area (Å²) in [6.45, 7) is 5.05. The van der Waals surface area contributed by atoms with E-state index in [1.807, 2.05) is 0 Å². The van der Waals surface area contributed by atoms with E-state index in [9.17, 15) is 9.59 Å². The molecule has 0 spiro atoms. The normalized spacial score (nSPS) is 29.3. The van der Waals surface area contributed by atoms with Gasteiger partial charge in [-0.05, 0) is 12.3 Å². The maximum Gasteiger partial charge on any atom is 0.307 e. The van der Waals surface area contributed by atoms with Gasteiger partial charge in [0.15, 0.2) is 0 Å². The number of nitrogens with one attached hydrogen (secondary N) is 1.